The topological polar surface area (TPSA) is 70.9 Å². The quantitative estimate of drug-likeness (QED) is 0.186. The Bertz CT molecular complexity index is 1350. The molecule has 1 aromatic heterocycles. The smallest absolute Gasteiger partial charge is 0.149 e. The van der Waals surface area contributed by atoms with Gasteiger partial charge in [0.25, 0.3) is 0 Å². The Morgan fingerprint density at radius 2 is 1.91 bits per heavy atom. The van der Waals surface area contributed by atoms with E-state index in [9.17, 15) is 5.26 Å². The van der Waals surface area contributed by atoms with Gasteiger partial charge in [-0.1, -0.05) is 29.8 Å². The maximum absolute atomic E-state index is 9.76. The predicted molar refractivity (Wildman–Crippen MR) is 144 cm³/mol. The molecule has 0 radical (unpaired) electrons. The predicted octanol–water partition coefficient (Wildman–Crippen LogP) is 6.73. The van der Waals surface area contributed by atoms with Gasteiger partial charge in [0, 0.05) is 6.07 Å². The van der Waals surface area contributed by atoms with Crippen molar-refractivity contribution in [2.75, 3.05) is 7.11 Å². The first-order valence-electron chi connectivity index (χ1n) is 9.80. The van der Waals surface area contributed by atoms with E-state index in [2.05, 4.69) is 86.3 Å². The van der Waals surface area contributed by atoms with Crippen molar-refractivity contribution in [3.05, 3.63) is 84.3 Å². The highest BCUT2D eigenvalue weighted by Gasteiger charge is 2.12. The standard InChI is InChI=1S/C25H19I2N3O2/c1-15-4-3-5-16(8-15)14-32-24-20(26)10-17(11-21(24)27)9-18(13-28)25-29-22-7-6-19(31-2)12-23(22)30-25/h3-12H,14H2,1-2H3,(H,29,30)/b18-9-. The van der Waals surface area contributed by atoms with Gasteiger partial charge in [-0.2, -0.15) is 5.26 Å². The first kappa shape index (κ1) is 22.6. The molecular weight excluding hydrogens is 628 g/mol. The molecule has 5 nitrogen and oxygen atoms in total. The molecule has 32 heavy (non-hydrogen) atoms. The number of hydrogen-bond donors (Lipinski definition) is 1. The van der Waals surface area contributed by atoms with Gasteiger partial charge in [0.15, 0.2) is 0 Å². The van der Waals surface area contributed by atoms with Crippen LogP contribution >= 0.6 is 45.2 Å². The summed E-state index contributed by atoms with van der Waals surface area (Å²) < 4.78 is 13.3. The van der Waals surface area contributed by atoms with E-state index in [1.54, 1.807) is 7.11 Å². The monoisotopic (exact) mass is 647 g/mol. The van der Waals surface area contributed by atoms with Crippen LogP contribution in [0, 0.1) is 25.4 Å². The second-order valence-corrected chi connectivity index (χ2v) is 9.55. The van der Waals surface area contributed by atoms with E-state index in [0.717, 1.165) is 40.8 Å². The van der Waals surface area contributed by atoms with Crippen molar-refractivity contribution in [2.45, 2.75) is 13.5 Å². The minimum Gasteiger partial charge on any atom is -0.497 e. The number of rotatable bonds is 6. The lowest BCUT2D eigenvalue weighted by Gasteiger charge is -2.12. The van der Waals surface area contributed by atoms with Crippen molar-refractivity contribution in [2.24, 2.45) is 0 Å². The highest BCUT2D eigenvalue weighted by atomic mass is 127. The number of halogens is 2. The SMILES string of the molecule is COc1ccc2nc(/C(C#N)=C\c3cc(I)c(OCc4cccc(C)c4)c(I)c3)[nH]c2c1. The molecular formula is C25H19I2N3O2. The van der Waals surface area contributed by atoms with Gasteiger partial charge in [-0.15, -0.1) is 0 Å². The molecule has 160 valence electrons. The molecule has 0 unspecified atom stereocenters. The summed E-state index contributed by atoms with van der Waals surface area (Å²) in [4.78, 5) is 7.77. The van der Waals surface area contributed by atoms with E-state index < -0.39 is 0 Å². The van der Waals surface area contributed by atoms with E-state index in [1.165, 1.54) is 5.56 Å². The third kappa shape index (κ3) is 5.07. The van der Waals surface area contributed by atoms with Gasteiger partial charge in [-0.3, -0.25) is 0 Å². The average Bonchev–Trinajstić information content (AvgIpc) is 3.20. The Morgan fingerprint density at radius 1 is 1.12 bits per heavy atom. The number of benzene rings is 3. The van der Waals surface area contributed by atoms with Crippen LogP contribution in [0.3, 0.4) is 0 Å². The molecule has 0 aliphatic carbocycles. The fourth-order valence-electron chi connectivity index (χ4n) is 3.32. The number of allylic oxidation sites excluding steroid dienone is 1. The second-order valence-electron chi connectivity index (χ2n) is 7.23. The van der Waals surface area contributed by atoms with Crippen molar-refractivity contribution in [1.29, 1.82) is 5.26 Å². The number of fused-ring (bicyclic) bond motifs is 1. The van der Waals surface area contributed by atoms with E-state index in [4.69, 9.17) is 9.47 Å². The van der Waals surface area contributed by atoms with Crippen molar-refractivity contribution in [3.63, 3.8) is 0 Å². The largest absolute Gasteiger partial charge is 0.497 e. The van der Waals surface area contributed by atoms with Crippen LogP contribution in [0.25, 0.3) is 22.7 Å². The van der Waals surface area contributed by atoms with Crippen LogP contribution in [-0.4, -0.2) is 17.1 Å². The number of nitrogens with zero attached hydrogens (tertiary/aromatic N) is 2. The molecule has 7 heteroatoms. The number of aromatic amines is 1. The molecule has 0 fully saturated rings. The summed E-state index contributed by atoms with van der Waals surface area (Å²) in [5, 5.41) is 9.76. The Morgan fingerprint density at radius 3 is 2.59 bits per heavy atom. The third-order valence-electron chi connectivity index (χ3n) is 4.86. The summed E-state index contributed by atoms with van der Waals surface area (Å²) in [7, 11) is 1.62. The number of nitrogens with one attached hydrogen (secondary N) is 1. The minimum absolute atomic E-state index is 0.459. The molecule has 0 spiro atoms. The third-order valence-corrected chi connectivity index (χ3v) is 6.46. The van der Waals surface area contributed by atoms with E-state index in [1.807, 2.05) is 42.5 Å². The number of nitriles is 1. The lowest BCUT2D eigenvalue weighted by Crippen LogP contribution is -2.00. The summed E-state index contributed by atoms with van der Waals surface area (Å²) >= 11 is 4.55. The van der Waals surface area contributed by atoms with Crippen molar-refractivity contribution in [1.82, 2.24) is 9.97 Å². The molecule has 0 aliphatic rings. The zero-order chi connectivity index (χ0) is 22.7. The van der Waals surface area contributed by atoms with Crippen molar-refractivity contribution >= 4 is 67.9 Å². The molecule has 4 rings (SSSR count). The van der Waals surface area contributed by atoms with Crippen LogP contribution in [0.4, 0.5) is 0 Å². The number of ether oxygens (including phenoxy) is 2. The molecule has 0 saturated carbocycles. The summed E-state index contributed by atoms with van der Waals surface area (Å²) in [6, 6.07) is 20.2. The summed E-state index contributed by atoms with van der Waals surface area (Å²) in [5.41, 5.74) is 5.32. The van der Waals surface area contributed by atoms with Gasteiger partial charge in [0.05, 0.1) is 30.9 Å². The summed E-state index contributed by atoms with van der Waals surface area (Å²) in [6.07, 6.45) is 1.84. The lowest BCUT2D eigenvalue weighted by atomic mass is 10.1. The molecule has 0 amide bonds. The first-order valence-corrected chi connectivity index (χ1v) is 12.0. The fraction of sp³-hybridized carbons (Fsp3) is 0.120. The van der Waals surface area contributed by atoms with Gasteiger partial charge in [0.2, 0.25) is 0 Å². The number of imidazole rings is 1. The Balaban J connectivity index is 1.60. The van der Waals surface area contributed by atoms with Crippen LogP contribution in [0.15, 0.2) is 54.6 Å². The van der Waals surface area contributed by atoms with Gasteiger partial charge in [0.1, 0.15) is 30.0 Å². The highest BCUT2D eigenvalue weighted by molar-refractivity contribution is 14.1. The molecule has 0 bridgehead atoms. The first-order chi connectivity index (χ1) is 15.5. The highest BCUT2D eigenvalue weighted by Crippen LogP contribution is 2.31. The Labute approximate surface area is 213 Å². The van der Waals surface area contributed by atoms with E-state index >= 15 is 0 Å². The number of methoxy groups -OCH3 is 1. The van der Waals surface area contributed by atoms with Gasteiger partial charge < -0.3 is 14.5 Å². The van der Waals surface area contributed by atoms with E-state index in [-0.39, 0.29) is 0 Å². The molecule has 0 atom stereocenters. The minimum atomic E-state index is 0.459. The lowest BCUT2D eigenvalue weighted by molar-refractivity contribution is 0.301. The molecule has 0 aliphatic heterocycles. The average molecular weight is 647 g/mol. The van der Waals surface area contributed by atoms with E-state index in [0.29, 0.717) is 18.0 Å². The van der Waals surface area contributed by atoms with Crippen LogP contribution in [0.1, 0.15) is 22.5 Å². The summed E-state index contributed by atoms with van der Waals surface area (Å²) in [5.74, 6) is 2.11. The Kier molecular flexibility index (Phi) is 7.01. The zero-order valence-electron chi connectivity index (χ0n) is 17.4. The van der Waals surface area contributed by atoms with Crippen LogP contribution in [0.2, 0.25) is 0 Å². The maximum atomic E-state index is 9.76. The van der Waals surface area contributed by atoms with Gasteiger partial charge >= 0.3 is 0 Å². The van der Waals surface area contributed by atoms with Crippen LogP contribution in [0.5, 0.6) is 11.5 Å². The van der Waals surface area contributed by atoms with Crippen LogP contribution < -0.4 is 9.47 Å². The molecule has 1 heterocycles. The zero-order valence-corrected chi connectivity index (χ0v) is 21.8. The fourth-order valence-corrected chi connectivity index (χ4v) is 5.45. The Hall–Kier alpha value is -2.58. The molecule has 3 aromatic carbocycles. The van der Waals surface area contributed by atoms with Crippen molar-refractivity contribution < 1.29 is 9.47 Å². The number of hydrogen-bond acceptors (Lipinski definition) is 4. The molecule has 1 N–H and O–H groups in total. The van der Waals surface area contributed by atoms with Gasteiger partial charge in [-0.05, 0) is 93.6 Å². The molecule has 4 aromatic rings. The molecule has 0 saturated heterocycles. The second kappa shape index (κ2) is 9.92. The van der Waals surface area contributed by atoms with Gasteiger partial charge in [-0.25, -0.2) is 4.98 Å². The summed E-state index contributed by atoms with van der Waals surface area (Å²) in [6.45, 7) is 2.58. The number of aryl methyl sites for hydroxylation is 1. The van der Waals surface area contributed by atoms with Crippen molar-refractivity contribution in [3.8, 4) is 17.6 Å². The maximum Gasteiger partial charge on any atom is 0.149 e. The number of aromatic nitrogens is 2. The normalized spacial score (nSPS) is 11.4. The number of H-pyrrole nitrogens is 1. The van der Waals surface area contributed by atoms with Crippen LogP contribution in [-0.2, 0) is 6.61 Å².